The number of urea groups is 1. The maximum Gasteiger partial charge on any atom is 0.417 e. The largest absolute Gasteiger partial charge is 0.417 e. The van der Waals surface area contributed by atoms with Crippen LogP contribution >= 0.6 is 23.2 Å². The van der Waals surface area contributed by atoms with Gasteiger partial charge in [0.05, 0.1) is 21.2 Å². The predicted octanol–water partition coefficient (Wildman–Crippen LogP) is 7.66. The molecular weight excluding hydrogens is 618 g/mol. The molecule has 0 radical (unpaired) electrons. The molecule has 2 aromatic rings. The number of nitrogens with zero attached hydrogens (tertiary/aromatic N) is 1. The zero-order chi connectivity index (χ0) is 30.8. The van der Waals surface area contributed by atoms with Crippen LogP contribution in [-0.4, -0.2) is 42.9 Å². The molecule has 2 N–H and O–H groups in total. The van der Waals surface area contributed by atoms with E-state index in [-0.39, 0.29) is 17.2 Å². The average Bonchev–Trinajstić information content (AvgIpc) is 2.81. The fourth-order valence-electron chi connectivity index (χ4n) is 3.06. The first kappa shape index (κ1) is 32.9. The number of carbonyl (C=O) groups excluding carboxylic acids is 2. The van der Waals surface area contributed by atoms with Gasteiger partial charge in [0.15, 0.2) is 5.82 Å². The van der Waals surface area contributed by atoms with Gasteiger partial charge in [-0.3, -0.25) is 10.2 Å². The van der Waals surface area contributed by atoms with Crippen molar-refractivity contribution in [1.82, 2.24) is 15.8 Å². The average molecular weight is 632 g/mol. The molecule has 0 bridgehead atoms. The van der Waals surface area contributed by atoms with Crippen LogP contribution < -0.4 is 10.7 Å². The summed E-state index contributed by atoms with van der Waals surface area (Å²) < 4.78 is 147. The highest BCUT2D eigenvalue weighted by Crippen LogP contribution is 2.41. The van der Waals surface area contributed by atoms with Crippen LogP contribution in [0.4, 0.5) is 53.1 Å². The number of carbonyl (C=O) groups is 2. The van der Waals surface area contributed by atoms with Gasteiger partial charge < -0.3 is 5.32 Å². The number of allylic oxidation sites excluding steroid dienone is 1. The number of amides is 3. The lowest BCUT2D eigenvalue weighted by Gasteiger charge is -2.21. The molecule has 18 heteroatoms. The number of hydrogen-bond acceptors (Lipinski definition) is 2. The first-order chi connectivity index (χ1) is 18.1. The first-order valence-electron chi connectivity index (χ1n) is 10.3. The zero-order valence-corrected chi connectivity index (χ0v) is 20.9. The van der Waals surface area contributed by atoms with Crippen molar-refractivity contribution in [3.63, 3.8) is 0 Å². The van der Waals surface area contributed by atoms with Gasteiger partial charge in [-0.1, -0.05) is 29.3 Å². The fourth-order valence-corrected chi connectivity index (χ4v) is 3.56. The number of benzene rings is 2. The molecule has 5 nitrogen and oxygen atoms in total. The summed E-state index contributed by atoms with van der Waals surface area (Å²) in [5.41, 5.74) is -3.41. The predicted molar refractivity (Wildman–Crippen MR) is 120 cm³/mol. The van der Waals surface area contributed by atoms with Gasteiger partial charge in [0.1, 0.15) is 18.3 Å². The number of nitrogens with one attached hydrogen (secondary N) is 2. The molecule has 0 heterocycles. The van der Waals surface area contributed by atoms with Crippen LogP contribution in [0.3, 0.4) is 0 Å². The standard InChI is InChI=1S/C22H14Cl2F11N3O2/c1-38(19(40)36-8-20(27,28)29)37-18(39)11-3-2-9(4-13(11)22(33,34)35)16(25)7-12(21(30,31)32)10-5-14(23)17(26)15(24)6-10/h2-7,12H,8H2,1H3,(H,36,40)(H,37,39). The summed E-state index contributed by atoms with van der Waals surface area (Å²) in [4.78, 5) is 24.0. The zero-order valence-electron chi connectivity index (χ0n) is 19.4. The lowest BCUT2D eigenvalue weighted by molar-refractivity contribution is -0.140. The molecule has 1 atom stereocenters. The minimum absolute atomic E-state index is 0.00250. The first-order valence-corrected chi connectivity index (χ1v) is 11.1. The summed E-state index contributed by atoms with van der Waals surface area (Å²) in [7, 11) is 0.707. The number of hydrogen-bond donors (Lipinski definition) is 2. The quantitative estimate of drug-likeness (QED) is 0.202. The highest BCUT2D eigenvalue weighted by atomic mass is 35.5. The molecule has 2 rings (SSSR count). The van der Waals surface area contributed by atoms with Crippen molar-refractivity contribution < 1.29 is 57.9 Å². The summed E-state index contributed by atoms with van der Waals surface area (Å²) in [6, 6.07) is 0.335. The topological polar surface area (TPSA) is 61.4 Å². The van der Waals surface area contributed by atoms with Crippen molar-refractivity contribution in [3.8, 4) is 0 Å². The van der Waals surface area contributed by atoms with Gasteiger partial charge in [-0.2, -0.15) is 39.5 Å². The molecule has 1 unspecified atom stereocenters. The maximum atomic E-state index is 14.9. The van der Waals surface area contributed by atoms with Gasteiger partial charge in [-0.05, 0) is 35.9 Å². The molecule has 2 aromatic carbocycles. The Kier molecular flexibility index (Phi) is 9.95. The van der Waals surface area contributed by atoms with Gasteiger partial charge in [-0.25, -0.2) is 18.6 Å². The Morgan fingerprint density at radius 2 is 1.52 bits per heavy atom. The summed E-state index contributed by atoms with van der Waals surface area (Å²) in [5.74, 6) is -7.61. The molecular formula is C22H14Cl2F11N3O2. The Labute approximate surface area is 227 Å². The van der Waals surface area contributed by atoms with Crippen LogP contribution in [-0.2, 0) is 6.18 Å². The van der Waals surface area contributed by atoms with Crippen LogP contribution in [0.2, 0.25) is 10.0 Å². The molecule has 0 aliphatic carbocycles. The van der Waals surface area contributed by atoms with Crippen LogP contribution in [0.5, 0.6) is 0 Å². The molecule has 40 heavy (non-hydrogen) atoms. The van der Waals surface area contributed by atoms with Crippen LogP contribution in [0.1, 0.15) is 33.0 Å². The van der Waals surface area contributed by atoms with Gasteiger partial charge in [0.2, 0.25) is 0 Å². The van der Waals surface area contributed by atoms with Crippen LogP contribution in [0.15, 0.2) is 36.4 Å². The van der Waals surface area contributed by atoms with Crippen molar-refractivity contribution in [3.05, 3.63) is 74.5 Å². The second-order valence-electron chi connectivity index (χ2n) is 7.86. The SMILES string of the molecule is CN(NC(=O)c1ccc(C(F)=CC(c2cc(Cl)c(F)c(Cl)c2)C(F)(F)F)cc1C(F)(F)F)C(=O)NCC(F)(F)F. The lowest BCUT2D eigenvalue weighted by Crippen LogP contribution is -2.50. The van der Waals surface area contributed by atoms with Crippen molar-refractivity contribution in [2.24, 2.45) is 0 Å². The van der Waals surface area contributed by atoms with Gasteiger partial charge in [0, 0.05) is 12.6 Å². The minimum Gasteiger partial charge on any atom is -0.327 e. The molecule has 0 aliphatic heterocycles. The molecule has 0 fully saturated rings. The summed E-state index contributed by atoms with van der Waals surface area (Å²) in [5, 5.41) is -0.224. The van der Waals surface area contributed by atoms with E-state index in [2.05, 4.69) is 0 Å². The minimum atomic E-state index is -5.39. The van der Waals surface area contributed by atoms with Crippen molar-refractivity contribution in [2.45, 2.75) is 24.4 Å². The van der Waals surface area contributed by atoms with E-state index in [0.717, 1.165) is 0 Å². The van der Waals surface area contributed by atoms with Crippen molar-refractivity contribution in [1.29, 1.82) is 0 Å². The molecule has 0 saturated carbocycles. The van der Waals surface area contributed by atoms with E-state index in [0.29, 0.717) is 31.3 Å². The lowest BCUT2D eigenvalue weighted by atomic mass is 9.95. The molecule has 0 aromatic heterocycles. The van der Waals surface area contributed by atoms with E-state index in [1.54, 1.807) is 5.43 Å². The smallest absolute Gasteiger partial charge is 0.327 e. The van der Waals surface area contributed by atoms with E-state index in [1.807, 2.05) is 0 Å². The third kappa shape index (κ3) is 8.61. The summed E-state index contributed by atoms with van der Waals surface area (Å²) in [6.45, 7) is -1.82. The van der Waals surface area contributed by atoms with Gasteiger partial charge >= 0.3 is 24.6 Å². The third-order valence-corrected chi connectivity index (χ3v) is 5.44. The Morgan fingerprint density at radius 3 is 2.00 bits per heavy atom. The Morgan fingerprint density at radius 1 is 0.975 bits per heavy atom. The van der Waals surface area contributed by atoms with Crippen molar-refractivity contribution >= 4 is 41.0 Å². The van der Waals surface area contributed by atoms with Gasteiger partial charge in [-0.15, -0.1) is 0 Å². The number of alkyl halides is 9. The third-order valence-electron chi connectivity index (χ3n) is 4.89. The van der Waals surface area contributed by atoms with E-state index in [1.165, 1.54) is 5.32 Å². The van der Waals surface area contributed by atoms with E-state index in [9.17, 15) is 57.9 Å². The summed E-state index contributed by atoms with van der Waals surface area (Å²) in [6.07, 6.45) is -15.6. The summed E-state index contributed by atoms with van der Waals surface area (Å²) >= 11 is 11.0. The molecule has 3 amide bonds. The molecule has 0 saturated heterocycles. The number of rotatable bonds is 5. The number of halogens is 13. The second kappa shape index (κ2) is 12.1. The highest BCUT2D eigenvalue weighted by Gasteiger charge is 2.41. The van der Waals surface area contributed by atoms with E-state index < -0.39 is 86.9 Å². The fraction of sp³-hybridized carbons (Fsp3) is 0.273. The maximum absolute atomic E-state index is 14.9. The highest BCUT2D eigenvalue weighted by molar-refractivity contribution is 6.35. The van der Waals surface area contributed by atoms with Crippen LogP contribution in [0, 0.1) is 5.82 Å². The molecule has 0 aliphatic rings. The van der Waals surface area contributed by atoms with Gasteiger partial charge in [0.25, 0.3) is 5.91 Å². The Bertz CT molecular complexity index is 1290. The normalized spacial score (nSPS) is 13.6. The number of hydrazine groups is 1. The van der Waals surface area contributed by atoms with E-state index in [4.69, 9.17) is 23.2 Å². The molecule has 0 spiro atoms. The monoisotopic (exact) mass is 631 g/mol. The Hall–Kier alpha value is -3.27. The van der Waals surface area contributed by atoms with Crippen molar-refractivity contribution in [2.75, 3.05) is 13.6 Å². The van der Waals surface area contributed by atoms with E-state index >= 15 is 0 Å². The van der Waals surface area contributed by atoms with Crippen LogP contribution in [0.25, 0.3) is 5.83 Å². The second-order valence-corrected chi connectivity index (χ2v) is 8.68. The Balaban J connectivity index is 2.45. The molecule has 220 valence electrons.